The molecule has 1 aliphatic rings. The molecule has 1 aliphatic heterocycles. The molecule has 1 fully saturated rings. The van der Waals surface area contributed by atoms with Gasteiger partial charge in [-0.05, 0) is 61.2 Å². The molecule has 178 valence electrons. The largest absolute Gasteiger partial charge is 0.508 e. The molecule has 0 spiro atoms. The molecule has 0 radical (unpaired) electrons. The van der Waals surface area contributed by atoms with E-state index in [0.717, 1.165) is 25.9 Å². The Labute approximate surface area is 196 Å². The highest BCUT2D eigenvalue weighted by Gasteiger charge is 2.26. The van der Waals surface area contributed by atoms with E-state index in [9.17, 15) is 21.9 Å². The van der Waals surface area contributed by atoms with Gasteiger partial charge in [0.25, 0.3) is 10.0 Å². The molecule has 0 atom stereocenters. The van der Waals surface area contributed by atoms with E-state index in [4.69, 9.17) is 11.6 Å². The fourth-order valence-electron chi connectivity index (χ4n) is 3.25. The van der Waals surface area contributed by atoms with Gasteiger partial charge in [0.2, 0.25) is 10.0 Å². The fourth-order valence-corrected chi connectivity index (χ4v) is 5.97. The van der Waals surface area contributed by atoms with Gasteiger partial charge >= 0.3 is 0 Å². The van der Waals surface area contributed by atoms with Crippen LogP contribution in [0.5, 0.6) is 5.75 Å². The molecule has 0 saturated carbocycles. The molecule has 7 nitrogen and oxygen atoms in total. The van der Waals surface area contributed by atoms with E-state index < -0.39 is 20.0 Å². The maximum atomic E-state index is 12.9. The summed E-state index contributed by atoms with van der Waals surface area (Å²) in [6.45, 7) is 5.68. The van der Waals surface area contributed by atoms with Crippen molar-refractivity contribution in [2.45, 2.75) is 38.0 Å². The lowest BCUT2D eigenvalue weighted by Crippen LogP contribution is -2.34. The number of anilines is 1. The first-order valence-electron chi connectivity index (χ1n) is 10.4. The molecule has 32 heavy (non-hydrogen) atoms. The zero-order chi connectivity index (χ0) is 23.9. The van der Waals surface area contributed by atoms with Gasteiger partial charge in [-0.2, -0.15) is 0 Å². The van der Waals surface area contributed by atoms with Crippen LogP contribution in [0.3, 0.4) is 0 Å². The Morgan fingerprint density at radius 1 is 1.00 bits per heavy atom. The Balaban J connectivity index is 0.000000303. The first-order chi connectivity index (χ1) is 14.9. The van der Waals surface area contributed by atoms with Crippen LogP contribution in [0.15, 0.2) is 53.4 Å². The zero-order valence-corrected chi connectivity index (χ0v) is 21.0. The van der Waals surface area contributed by atoms with Gasteiger partial charge in [0.1, 0.15) is 5.75 Å². The lowest BCUT2D eigenvalue weighted by atomic mass is 10.2. The number of phenolic OH excluding ortho intramolecular Hbond substituents is 1. The molecular weight excluding hydrogens is 472 g/mol. The molecule has 0 bridgehead atoms. The number of piperidine rings is 1. The fraction of sp³-hybridized carbons (Fsp3) is 0.455. The first kappa shape index (κ1) is 26.4. The third kappa shape index (κ3) is 7.65. The van der Waals surface area contributed by atoms with Gasteiger partial charge in [-0.1, -0.05) is 37.9 Å². The minimum atomic E-state index is -3.72. The van der Waals surface area contributed by atoms with Crippen molar-refractivity contribution >= 4 is 37.3 Å². The monoisotopic (exact) mass is 502 g/mol. The second-order valence-corrected chi connectivity index (χ2v) is 12.4. The zero-order valence-electron chi connectivity index (χ0n) is 18.6. The molecule has 0 amide bonds. The Morgan fingerprint density at radius 3 is 2.06 bits per heavy atom. The second-order valence-electron chi connectivity index (χ2n) is 8.13. The summed E-state index contributed by atoms with van der Waals surface area (Å²) in [4.78, 5) is 0.130. The third-order valence-corrected chi connectivity index (χ3v) is 8.18. The Bertz CT molecular complexity index is 1080. The molecule has 1 N–H and O–H groups in total. The molecule has 0 aromatic heterocycles. The lowest BCUT2D eigenvalue weighted by Gasteiger charge is -2.26. The van der Waals surface area contributed by atoms with Gasteiger partial charge in [0.15, 0.2) is 0 Å². The Morgan fingerprint density at radius 2 is 1.59 bits per heavy atom. The van der Waals surface area contributed by atoms with E-state index in [1.54, 1.807) is 28.6 Å². The summed E-state index contributed by atoms with van der Waals surface area (Å²) in [5.74, 6) is 0.169. The number of hydrogen-bond acceptors (Lipinski definition) is 5. The Hall–Kier alpha value is -1.81. The van der Waals surface area contributed by atoms with Crippen molar-refractivity contribution < 1.29 is 21.9 Å². The molecule has 2 aromatic carbocycles. The molecule has 0 aliphatic carbocycles. The van der Waals surface area contributed by atoms with Gasteiger partial charge in [-0.15, -0.1) is 0 Å². The van der Waals surface area contributed by atoms with Crippen molar-refractivity contribution in [1.82, 2.24) is 4.31 Å². The smallest absolute Gasteiger partial charge is 0.264 e. The van der Waals surface area contributed by atoms with Crippen molar-refractivity contribution in [2.24, 2.45) is 5.92 Å². The van der Waals surface area contributed by atoms with Crippen molar-refractivity contribution in [3.8, 4) is 5.75 Å². The van der Waals surface area contributed by atoms with Gasteiger partial charge < -0.3 is 5.11 Å². The average molecular weight is 503 g/mol. The molecule has 1 heterocycles. The predicted octanol–water partition coefficient (Wildman–Crippen LogP) is 4.33. The predicted molar refractivity (Wildman–Crippen MR) is 129 cm³/mol. The number of phenols is 1. The van der Waals surface area contributed by atoms with Crippen LogP contribution >= 0.6 is 11.6 Å². The SMILES string of the molecule is CC(C)CN(c1cccc(Cl)c1)S(=O)(=O)c1ccc(O)cc1.CS(=O)(=O)N1CCCCC1. The standard InChI is InChI=1S/C16H18ClNO3S.C6H13NO2S/c1-12(2)11-18(14-5-3-4-13(17)10-14)22(20,21)16-8-6-15(19)7-9-16;1-10(8,9)7-5-3-2-4-6-7/h3-10,12,19H,11H2,1-2H3;2-6H2,1H3. The van der Waals surface area contributed by atoms with Gasteiger partial charge in [-0.3, -0.25) is 4.31 Å². The van der Waals surface area contributed by atoms with E-state index in [2.05, 4.69) is 0 Å². The van der Waals surface area contributed by atoms with Crippen LogP contribution in [0.25, 0.3) is 0 Å². The van der Waals surface area contributed by atoms with Crippen molar-refractivity contribution in [3.05, 3.63) is 53.6 Å². The van der Waals surface area contributed by atoms with Gasteiger partial charge in [0.05, 0.1) is 16.8 Å². The summed E-state index contributed by atoms with van der Waals surface area (Å²) in [5, 5.41) is 9.81. The summed E-state index contributed by atoms with van der Waals surface area (Å²) in [6.07, 6.45) is 4.49. The maximum absolute atomic E-state index is 12.9. The van der Waals surface area contributed by atoms with E-state index in [0.29, 0.717) is 17.3 Å². The van der Waals surface area contributed by atoms with Crippen LogP contribution in [0.2, 0.25) is 5.02 Å². The molecule has 3 rings (SSSR count). The molecule has 0 unspecified atom stereocenters. The van der Waals surface area contributed by atoms with Crippen LogP contribution < -0.4 is 4.31 Å². The van der Waals surface area contributed by atoms with Crippen LogP contribution in [0.4, 0.5) is 5.69 Å². The third-order valence-electron chi connectivity index (χ3n) is 4.84. The summed E-state index contributed by atoms with van der Waals surface area (Å²) >= 11 is 5.99. The van der Waals surface area contributed by atoms with Crippen molar-refractivity contribution in [2.75, 3.05) is 30.2 Å². The van der Waals surface area contributed by atoms with E-state index >= 15 is 0 Å². The second kappa shape index (κ2) is 11.4. The van der Waals surface area contributed by atoms with Crippen LogP contribution in [0.1, 0.15) is 33.1 Å². The average Bonchev–Trinajstić information content (AvgIpc) is 2.73. The summed E-state index contributed by atoms with van der Waals surface area (Å²) < 4.78 is 50.5. The molecule has 2 aromatic rings. The van der Waals surface area contributed by atoms with Crippen LogP contribution in [-0.2, 0) is 20.0 Å². The van der Waals surface area contributed by atoms with Crippen molar-refractivity contribution in [1.29, 1.82) is 0 Å². The molecular formula is C22H31ClN2O5S2. The quantitative estimate of drug-likeness (QED) is 0.634. The number of halogens is 1. The van der Waals surface area contributed by atoms with E-state index in [1.165, 1.54) is 41.2 Å². The van der Waals surface area contributed by atoms with Gasteiger partial charge in [0, 0.05) is 24.7 Å². The molecule has 1 saturated heterocycles. The number of sulfonamides is 2. The van der Waals surface area contributed by atoms with Crippen LogP contribution in [0, 0.1) is 5.92 Å². The molecule has 10 heteroatoms. The lowest BCUT2D eigenvalue weighted by molar-refractivity contribution is 0.349. The number of benzene rings is 2. The highest BCUT2D eigenvalue weighted by molar-refractivity contribution is 7.92. The van der Waals surface area contributed by atoms with Gasteiger partial charge in [-0.25, -0.2) is 21.1 Å². The normalized spacial score (nSPS) is 15.2. The van der Waals surface area contributed by atoms with Crippen LogP contribution in [-0.4, -0.2) is 52.1 Å². The van der Waals surface area contributed by atoms with Crippen molar-refractivity contribution in [3.63, 3.8) is 0 Å². The first-order valence-corrected chi connectivity index (χ1v) is 14.1. The Kier molecular flexibility index (Phi) is 9.39. The highest BCUT2D eigenvalue weighted by Crippen LogP contribution is 2.27. The number of aromatic hydroxyl groups is 1. The number of rotatable bonds is 6. The minimum Gasteiger partial charge on any atom is -0.508 e. The summed E-state index contributed by atoms with van der Waals surface area (Å²) in [7, 11) is -6.61. The summed E-state index contributed by atoms with van der Waals surface area (Å²) in [6, 6.07) is 12.3. The maximum Gasteiger partial charge on any atom is 0.264 e. The summed E-state index contributed by atoms with van der Waals surface area (Å²) in [5.41, 5.74) is 0.522. The van der Waals surface area contributed by atoms with E-state index in [-0.39, 0.29) is 16.6 Å². The minimum absolute atomic E-state index is 0.0251. The van der Waals surface area contributed by atoms with E-state index in [1.807, 2.05) is 13.8 Å². The topological polar surface area (TPSA) is 95.0 Å². The highest BCUT2D eigenvalue weighted by atomic mass is 35.5. The number of hydrogen-bond donors (Lipinski definition) is 1. The number of nitrogens with zero attached hydrogens (tertiary/aromatic N) is 2.